The minimum atomic E-state index is -0.520. The number of aryl methyl sites for hydroxylation is 1. The number of fused-ring (bicyclic) bond motifs is 1. The fourth-order valence-electron chi connectivity index (χ4n) is 2.18. The van der Waals surface area contributed by atoms with Gasteiger partial charge in [0, 0.05) is 11.9 Å². The van der Waals surface area contributed by atoms with E-state index >= 15 is 0 Å². The van der Waals surface area contributed by atoms with Gasteiger partial charge in [0.2, 0.25) is 0 Å². The summed E-state index contributed by atoms with van der Waals surface area (Å²) in [6, 6.07) is 9.27. The van der Waals surface area contributed by atoms with Crippen molar-refractivity contribution in [3.63, 3.8) is 0 Å². The SMILES string of the molecule is Cc1cc2nc(C(N)=O)ccc2n1-c1cccnc1. The second kappa shape index (κ2) is 4.20. The Hall–Kier alpha value is -2.69. The van der Waals surface area contributed by atoms with Gasteiger partial charge in [0.1, 0.15) is 5.69 Å². The van der Waals surface area contributed by atoms with E-state index in [0.717, 1.165) is 22.4 Å². The molecule has 0 saturated carbocycles. The number of nitrogens with zero attached hydrogens (tertiary/aromatic N) is 3. The van der Waals surface area contributed by atoms with Crippen LogP contribution in [0.1, 0.15) is 16.2 Å². The third kappa shape index (κ3) is 1.85. The third-order valence-electron chi connectivity index (χ3n) is 3.00. The molecule has 1 amide bonds. The number of carbonyl (C=O) groups excluding carboxylic acids is 1. The molecule has 19 heavy (non-hydrogen) atoms. The summed E-state index contributed by atoms with van der Waals surface area (Å²) in [5, 5.41) is 0. The Balaban J connectivity index is 2.27. The van der Waals surface area contributed by atoms with Crippen molar-refractivity contribution in [1.29, 1.82) is 0 Å². The van der Waals surface area contributed by atoms with Gasteiger partial charge in [-0.2, -0.15) is 0 Å². The van der Waals surface area contributed by atoms with Crippen LogP contribution in [0.2, 0.25) is 0 Å². The fraction of sp³-hybridized carbons (Fsp3) is 0.0714. The summed E-state index contributed by atoms with van der Waals surface area (Å²) in [4.78, 5) is 19.5. The molecule has 0 bridgehead atoms. The van der Waals surface area contributed by atoms with Crippen LogP contribution in [0.15, 0.2) is 42.7 Å². The second-order valence-corrected chi connectivity index (χ2v) is 4.30. The van der Waals surface area contributed by atoms with Crippen LogP contribution in [0.25, 0.3) is 16.7 Å². The normalized spacial score (nSPS) is 10.8. The Kier molecular flexibility index (Phi) is 2.52. The monoisotopic (exact) mass is 252 g/mol. The average Bonchev–Trinajstić information content (AvgIpc) is 2.74. The summed E-state index contributed by atoms with van der Waals surface area (Å²) < 4.78 is 2.04. The molecule has 2 N–H and O–H groups in total. The minimum absolute atomic E-state index is 0.274. The van der Waals surface area contributed by atoms with Crippen LogP contribution in [0.4, 0.5) is 0 Å². The summed E-state index contributed by atoms with van der Waals surface area (Å²) in [5.41, 5.74) is 9.18. The van der Waals surface area contributed by atoms with Gasteiger partial charge in [-0.15, -0.1) is 0 Å². The number of pyridine rings is 2. The quantitative estimate of drug-likeness (QED) is 0.756. The Bertz CT molecular complexity index is 762. The molecule has 0 fully saturated rings. The van der Waals surface area contributed by atoms with E-state index < -0.39 is 5.91 Å². The van der Waals surface area contributed by atoms with Crippen molar-refractivity contribution in [1.82, 2.24) is 14.5 Å². The van der Waals surface area contributed by atoms with Crippen molar-refractivity contribution in [3.05, 3.63) is 54.1 Å². The van der Waals surface area contributed by atoms with Gasteiger partial charge in [0.25, 0.3) is 5.91 Å². The average molecular weight is 252 g/mol. The predicted molar refractivity (Wildman–Crippen MR) is 72.1 cm³/mol. The maximum atomic E-state index is 11.1. The molecule has 0 aliphatic carbocycles. The molecule has 3 heterocycles. The summed E-state index contributed by atoms with van der Waals surface area (Å²) >= 11 is 0. The van der Waals surface area contributed by atoms with Gasteiger partial charge in [0.15, 0.2) is 0 Å². The van der Waals surface area contributed by atoms with Crippen molar-refractivity contribution in [2.24, 2.45) is 5.73 Å². The topological polar surface area (TPSA) is 73.8 Å². The summed E-state index contributed by atoms with van der Waals surface area (Å²) in [5.74, 6) is -0.520. The van der Waals surface area contributed by atoms with Crippen molar-refractivity contribution >= 4 is 16.9 Å². The molecule has 3 rings (SSSR count). The number of carbonyl (C=O) groups is 1. The first kappa shape index (κ1) is 11.4. The number of hydrogen-bond acceptors (Lipinski definition) is 3. The zero-order valence-electron chi connectivity index (χ0n) is 10.4. The Morgan fingerprint density at radius 3 is 2.84 bits per heavy atom. The lowest BCUT2D eigenvalue weighted by Crippen LogP contribution is -2.12. The highest BCUT2D eigenvalue weighted by Crippen LogP contribution is 2.22. The van der Waals surface area contributed by atoms with E-state index in [2.05, 4.69) is 9.97 Å². The lowest BCUT2D eigenvalue weighted by molar-refractivity contribution is 0.0996. The maximum absolute atomic E-state index is 11.1. The van der Waals surface area contributed by atoms with E-state index in [-0.39, 0.29) is 5.69 Å². The molecule has 0 spiro atoms. The van der Waals surface area contributed by atoms with Gasteiger partial charge in [0.05, 0.1) is 22.9 Å². The highest BCUT2D eigenvalue weighted by molar-refractivity contribution is 5.93. The van der Waals surface area contributed by atoms with Crippen LogP contribution in [-0.2, 0) is 0 Å². The molecule has 0 aliphatic rings. The molecule has 0 aliphatic heterocycles. The third-order valence-corrected chi connectivity index (χ3v) is 3.00. The van der Waals surface area contributed by atoms with Crippen LogP contribution in [0, 0.1) is 6.92 Å². The molecule has 0 atom stereocenters. The molecule has 3 aromatic heterocycles. The smallest absolute Gasteiger partial charge is 0.267 e. The molecule has 94 valence electrons. The number of aromatic nitrogens is 3. The van der Waals surface area contributed by atoms with Crippen LogP contribution in [-0.4, -0.2) is 20.4 Å². The zero-order valence-corrected chi connectivity index (χ0v) is 10.4. The molecule has 0 saturated heterocycles. The molecular formula is C14H12N4O. The summed E-state index contributed by atoms with van der Waals surface area (Å²) in [7, 11) is 0. The number of rotatable bonds is 2. The van der Waals surface area contributed by atoms with E-state index in [1.165, 1.54) is 0 Å². The van der Waals surface area contributed by atoms with E-state index in [0.29, 0.717) is 0 Å². The first-order valence-corrected chi connectivity index (χ1v) is 5.86. The minimum Gasteiger partial charge on any atom is -0.364 e. The lowest BCUT2D eigenvalue weighted by atomic mass is 10.3. The maximum Gasteiger partial charge on any atom is 0.267 e. The molecule has 5 nitrogen and oxygen atoms in total. The van der Waals surface area contributed by atoms with E-state index in [9.17, 15) is 4.79 Å². The van der Waals surface area contributed by atoms with Crippen LogP contribution < -0.4 is 5.73 Å². The first-order chi connectivity index (χ1) is 9.16. The molecule has 3 aromatic rings. The van der Waals surface area contributed by atoms with Gasteiger partial charge in [-0.05, 0) is 37.3 Å². The van der Waals surface area contributed by atoms with Crippen molar-refractivity contribution in [3.8, 4) is 5.69 Å². The van der Waals surface area contributed by atoms with Gasteiger partial charge in [-0.3, -0.25) is 9.78 Å². The van der Waals surface area contributed by atoms with Crippen molar-refractivity contribution in [2.45, 2.75) is 6.92 Å². The molecule has 5 heteroatoms. The van der Waals surface area contributed by atoms with Crippen LogP contribution in [0.3, 0.4) is 0 Å². The highest BCUT2D eigenvalue weighted by Gasteiger charge is 2.11. The lowest BCUT2D eigenvalue weighted by Gasteiger charge is -2.07. The molecule has 0 radical (unpaired) electrons. The van der Waals surface area contributed by atoms with E-state index in [1.807, 2.05) is 35.8 Å². The summed E-state index contributed by atoms with van der Waals surface area (Å²) in [6.07, 6.45) is 3.52. The van der Waals surface area contributed by atoms with Gasteiger partial charge in [-0.1, -0.05) is 0 Å². The van der Waals surface area contributed by atoms with E-state index in [4.69, 9.17) is 5.73 Å². The van der Waals surface area contributed by atoms with Crippen molar-refractivity contribution < 1.29 is 4.79 Å². The predicted octanol–water partition coefficient (Wildman–Crippen LogP) is 1.83. The summed E-state index contributed by atoms with van der Waals surface area (Å²) in [6.45, 7) is 1.98. The number of amides is 1. The number of primary amides is 1. The van der Waals surface area contributed by atoms with Gasteiger partial charge in [-0.25, -0.2) is 4.98 Å². The molecule has 0 aromatic carbocycles. The van der Waals surface area contributed by atoms with E-state index in [1.54, 1.807) is 18.5 Å². The Morgan fingerprint density at radius 2 is 2.16 bits per heavy atom. The zero-order chi connectivity index (χ0) is 13.4. The second-order valence-electron chi connectivity index (χ2n) is 4.30. The Labute approximate surface area is 109 Å². The molecular weight excluding hydrogens is 240 g/mol. The highest BCUT2D eigenvalue weighted by atomic mass is 16.1. The van der Waals surface area contributed by atoms with Crippen molar-refractivity contribution in [2.75, 3.05) is 0 Å². The fourth-order valence-corrected chi connectivity index (χ4v) is 2.18. The number of nitrogens with two attached hydrogens (primary N) is 1. The van der Waals surface area contributed by atoms with Gasteiger partial charge < -0.3 is 10.3 Å². The van der Waals surface area contributed by atoms with Crippen LogP contribution in [0.5, 0.6) is 0 Å². The first-order valence-electron chi connectivity index (χ1n) is 5.86. The van der Waals surface area contributed by atoms with Gasteiger partial charge >= 0.3 is 0 Å². The molecule has 0 unspecified atom stereocenters. The van der Waals surface area contributed by atoms with Crippen LogP contribution >= 0.6 is 0 Å². The number of hydrogen-bond donors (Lipinski definition) is 1. The largest absolute Gasteiger partial charge is 0.364 e. The Morgan fingerprint density at radius 1 is 1.32 bits per heavy atom. The standard InChI is InChI=1S/C14H12N4O/c1-9-7-12-13(5-4-11(17-12)14(15)19)18(9)10-3-2-6-16-8-10/h2-8H,1H3,(H2,15,19).